The van der Waals surface area contributed by atoms with Crippen molar-refractivity contribution in [3.05, 3.63) is 71.8 Å². The first-order valence-electron chi connectivity index (χ1n) is 15.0. The minimum atomic E-state index is -1.93. The summed E-state index contributed by atoms with van der Waals surface area (Å²) in [4.78, 5) is 0. The molecule has 2 heterocycles. The molecule has 0 saturated carbocycles. The number of aliphatic hydroxyl groups is 8. The third-order valence-corrected chi connectivity index (χ3v) is 8.86. The molecule has 0 amide bonds. The summed E-state index contributed by atoms with van der Waals surface area (Å²) < 4.78 is 23.0. The van der Waals surface area contributed by atoms with Crippen molar-refractivity contribution in [3.63, 3.8) is 0 Å². The lowest BCUT2D eigenvalue weighted by molar-refractivity contribution is -0.314. The Bertz CT molecular complexity index is 1410. The maximum absolute atomic E-state index is 10.8. The van der Waals surface area contributed by atoms with E-state index in [-0.39, 0.29) is 0 Å². The zero-order chi connectivity index (χ0) is 33.6. The SMILES string of the molecule is Cc1cc(-c2cccc(-c3ccc(OC4OC(CO)C(O)C(O)C4(C)O)c(C)c3)c2)ccc1OC1OC(CO)C(O)C(O)C1(C)O. The zero-order valence-electron chi connectivity index (χ0n) is 26.0. The highest BCUT2D eigenvalue weighted by molar-refractivity contribution is 5.74. The second-order valence-corrected chi connectivity index (χ2v) is 12.5. The van der Waals surface area contributed by atoms with Crippen molar-refractivity contribution in [2.45, 2.75) is 88.1 Å². The average Bonchev–Trinajstić information content (AvgIpc) is 3.03. The van der Waals surface area contributed by atoms with E-state index in [2.05, 4.69) is 0 Å². The Hall–Kier alpha value is -3.14. The Morgan fingerprint density at radius 2 is 0.978 bits per heavy atom. The normalized spacial score (nSPS) is 34.7. The summed E-state index contributed by atoms with van der Waals surface area (Å²) in [7, 11) is 0. The van der Waals surface area contributed by atoms with Crippen LogP contribution in [0.4, 0.5) is 0 Å². The van der Waals surface area contributed by atoms with Gasteiger partial charge in [0, 0.05) is 0 Å². The first-order chi connectivity index (χ1) is 21.7. The van der Waals surface area contributed by atoms with Gasteiger partial charge in [0.25, 0.3) is 0 Å². The van der Waals surface area contributed by atoms with Gasteiger partial charge in [0.05, 0.1) is 13.2 Å². The van der Waals surface area contributed by atoms with Crippen molar-refractivity contribution >= 4 is 0 Å². The van der Waals surface area contributed by atoms with Crippen molar-refractivity contribution < 1.29 is 59.8 Å². The van der Waals surface area contributed by atoms with Crippen LogP contribution in [-0.2, 0) is 9.47 Å². The number of hydrogen-bond donors (Lipinski definition) is 8. The van der Waals surface area contributed by atoms with Gasteiger partial charge < -0.3 is 59.8 Å². The number of aryl methyl sites for hydroxylation is 2. The second kappa shape index (κ2) is 13.2. The van der Waals surface area contributed by atoms with E-state index in [9.17, 15) is 40.9 Å². The monoisotopic (exact) mass is 642 g/mol. The molecule has 0 aromatic heterocycles. The first-order valence-corrected chi connectivity index (χ1v) is 15.0. The van der Waals surface area contributed by atoms with E-state index in [1.807, 2.05) is 62.4 Å². The van der Waals surface area contributed by atoms with Crippen LogP contribution in [0.1, 0.15) is 25.0 Å². The Morgan fingerprint density at radius 3 is 1.33 bits per heavy atom. The van der Waals surface area contributed by atoms with Gasteiger partial charge >= 0.3 is 0 Å². The van der Waals surface area contributed by atoms with Crippen LogP contribution >= 0.6 is 0 Å². The second-order valence-electron chi connectivity index (χ2n) is 12.5. The molecule has 12 heteroatoms. The molecule has 12 nitrogen and oxygen atoms in total. The van der Waals surface area contributed by atoms with Gasteiger partial charge in [-0.25, -0.2) is 0 Å². The molecule has 2 aliphatic heterocycles. The predicted octanol–water partition coefficient (Wildman–Crippen LogP) is 0.775. The molecule has 5 rings (SSSR count). The Balaban J connectivity index is 1.33. The molecule has 0 aliphatic carbocycles. The van der Waals surface area contributed by atoms with Crippen LogP contribution in [-0.4, -0.2) is 114 Å². The molecule has 46 heavy (non-hydrogen) atoms. The van der Waals surface area contributed by atoms with E-state index in [4.69, 9.17) is 18.9 Å². The number of hydrogen-bond acceptors (Lipinski definition) is 12. The Morgan fingerprint density at radius 1 is 0.609 bits per heavy atom. The molecule has 3 aromatic carbocycles. The minimum Gasteiger partial charge on any atom is -0.461 e. The highest BCUT2D eigenvalue weighted by Crippen LogP contribution is 2.37. The summed E-state index contributed by atoms with van der Waals surface area (Å²) in [5, 5.41) is 81.7. The molecule has 250 valence electrons. The number of rotatable bonds is 8. The molecule has 2 fully saturated rings. The largest absolute Gasteiger partial charge is 0.461 e. The van der Waals surface area contributed by atoms with Crippen LogP contribution in [0.15, 0.2) is 60.7 Å². The molecule has 0 radical (unpaired) electrons. The van der Waals surface area contributed by atoms with Crippen LogP contribution in [0.25, 0.3) is 22.3 Å². The predicted molar refractivity (Wildman–Crippen MR) is 165 cm³/mol. The lowest BCUT2D eigenvalue weighted by atomic mass is 9.88. The quantitative estimate of drug-likeness (QED) is 0.172. The molecular weight excluding hydrogens is 600 g/mol. The van der Waals surface area contributed by atoms with Crippen LogP contribution in [0.5, 0.6) is 11.5 Å². The fourth-order valence-corrected chi connectivity index (χ4v) is 5.76. The minimum absolute atomic E-state index is 0.393. The van der Waals surface area contributed by atoms with E-state index in [1.165, 1.54) is 13.8 Å². The maximum Gasteiger partial charge on any atom is 0.231 e. The molecule has 0 bridgehead atoms. The van der Waals surface area contributed by atoms with E-state index in [0.29, 0.717) is 11.5 Å². The lowest BCUT2D eigenvalue weighted by Crippen LogP contribution is -2.66. The van der Waals surface area contributed by atoms with Crippen LogP contribution in [0, 0.1) is 13.8 Å². The van der Waals surface area contributed by atoms with Gasteiger partial charge in [-0.15, -0.1) is 0 Å². The van der Waals surface area contributed by atoms with Gasteiger partial charge in [-0.05, 0) is 91.4 Å². The van der Waals surface area contributed by atoms with Crippen molar-refractivity contribution in [1.29, 1.82) is 0 Å². The Labute approximate surface area is 266 Å². The van der Waals surface area contributed by atoms with E-state index >= 15 is 0 Å². The molecule has 8 N–H and O–H groups in total. The van der Waals surface area contributed by atoms with Crippen molar-refractivity contribution in [3.8, 4) is 33.8 Å². The highest BCUT2D eigenvalue weighted by atomic mass is 16.7. The highest BCUT2D eigenvalue weighted by Gasteiger charge is 2.54. The van der Waals surface area contributed by atoms with Crippen molar-refractivity contribution in [2.24, 2.45) is 0 Å². The van der Waals surface area contributed by atoms with Gasteiger partial charge in [-0.3, -0.25) is 0 Å². The summed E-state index contributed by atoms with van der Waals surface area (Å²) in [6, 6.07) is 18.8. The van der Waals surface area contributed by atoms with Crippen LogP contribution < -0.4 is 9.47 Å². The van der Waals surface area contributed by atoms with Gasteiger partial charge in [-0.1, -0.05) is 30.3 Å². The first kappa shape index (κ1) is 34.2. The molecular formula is C34H42O12. The molecule has 2 aliphatic rings. The molecule has 2 saturated heterocycles. The molecule has 10 unspecified atom stereocenters. The number of aliphatic hydroxyl groups excluding tert-OH is 6. The van der Waals surface area contributed by atoms with E-state index in [0.717, 1.165) is 33.4 Å². The summed E-state index contributed by atoms with van der Waals surface area (Å²) in [5.74, 6) is 0.787. The lowest BCUT2D eigenvalue weighted by Gasteiger charge is -2.45. The van der Waals surface area contributed by atoms with E-state index < -0.39 is 73.6 Å². The topological polar surface area (TPSA) is 199 Å². The van der Waals surface area contributed by atoms with Crippen molar-refractivity contribution in [1.82, 2.24) is 0 Å². The van der Waals surface area contributed by atoms with Crippen LogP contribution in [0.2, 0.25) is 0 Å². The van der Waals surface area contributed by atoms with E-state index in [1.54, 1.807) is 12.1 Å². The van der Waals surface area contributed by atoms with Gasteiger partial charge in [0.15, 0.2) is 11.2 Å². The van der Waals surface area contributed by atoms with Crippen molar-refractivity contribution in [2.75, 3.05) is 13.2 Å². The summed E-state index contributed by atoms with van der Waals surface area (Å²) in [6.45, 7) is 5.12. The smallest absolute Gasteiger partial charge is 0.231 e. The summed E-state index contributed by atoms with van der Waals surface area (Å²) >= 11 is 0. The fraction of sp³-hybridized carbons (Fsp3) is 0.471. The molecule has 3 aromatic rings. The summed E-state index contributed by atoms with van der Waals surface area (Å²) in [5.41, 5.74) is 1.19. The Kier molecular flexibility index (Phi) is 9.79. The average molecular weight is 643 g/mol. The molecule has 10 atom stereocenters. The molecule has 0 spiro atoms. The third-order valence-electron chi connectivity index (χ3n) is 8.86. The maximum atomic E-state index is 10.8. The zero-order valence-corrected chi connectivity index (χ0v) is 26.0. The fourth-order valence-electron chi connectivity index (χ4n) is 5.76. The number of benzene rings is 3. The van der Waals surface area contributed by atoms with Gasteiger partial charge in [0.2, 0.25) is 12.6 Å². The standard InChI is InChI=1S/C34H42O12/c1-17-12-21(8-10-23(17)43-31-33(3,41)29(39)27(37)25(15-35)45-31)19-6-5-7-20(14-19)22-9-11-24(18(2)13-22)44-32-34(4,42)30(40)28(38)26(16-36)46-32/h5-14,25-32,35-42H,15-16H2,1-4H3. The van der Waals surface area contributed by atoms with Gasteiger partial charge in [-0.2, -0.15) is 0 Å². The summed E-state index contributed by atoms with van der Waals surface area (Å²) in [6.07, 6.45) is -11.1. The van der Waals surface area contributed by atoms with Crippen LogP contribution in [0.3, 0.4) is 0 Å². The third kappa shape index (κ3) is 6.38. The van der Waals surface area contributed by atoms with Gasteiger partial charge in [0.1, 0.15) is 48.1 Å². The number of ether oxygens (including phenoxy) is 4.